The SMILES string of the molecule is CCCCC(=CBr)c1cccc2ccccc12.[Si]. The van der Waals surface area contributed by atoms with Crippen molar-refractivity contribution in [2.75, 3.05) is 0 Å². The number of hydrogen-bond donors (Lipinski definition) is 0. The minimum absolute atomic E-state index is 0. The summed E-state index contributed by atoms with van der Waals surface area (Å²) in [4.78, 5) is 2.07. The highest BCUT2D eigenvalue weighted by atomic mass is 79.9. The average molecular weight is 317 g/mol. The molecule has 0 bridgehead atoms. The largest absolute Gasteiger partial charge is 0.0654 e. The van der Waals surface area contributed by atoms with E-state index in [1.807, 2.05) is 0 Å². The summed E-state index contributed by atoms with van der Waals surface area (Å²) in [6.07, 6.45) is 3.60. The van der Waals surface area contributed by atoms with Crippen LogP contribution in [0.15, 0.2) is 47.4 Å². The average Bonchev–Trinajstić information content (AvgIpc) is 2.40. The van der Waals surface area contributed by atoms with E-state index < -0.39 is 0 Å². The first-order chi connectivity index (χ1) is 8.36. The Bertz CT molecular complexity index is 526. The fraction of sp³-hybridized carbons (Fsp3) is 0.250. The molecule has 0 aliphatic heterocycles. The molecular weight excluding hydrogens is 300 g/mol. The van der Waals surface area contributed by atoms with E-state index in [9.17, 15) is 0 Å². The lowest BCUT2D eigenvalue weighted by atomic mass is 9.96. The zero-order chi connectivity index (χ0) is 12.1. The summed E-state index contributed by atoms with van der Waals surface area (Å²) in [5.41, 5.74) is 2.75. The van der Waals surface area contributed by atoms with Gasteiger partial charge >= 0.3 is 0 Å². The second-order valence-corrected chi connectivity index (χ2v) is 4.72. The minimum atomic E-state index is 0. The van der Waals surface area contributed by atoms with Gasteiger partial charge in [-0.3, -0.25) is 0 Å². The predicted molar refractivity (Wildman–Crippen MR) is 86.1 cm³/mol. The monoisotopic (exact) mass is 316 g/mol. The Morgan fingerprint density at radius 2 is 1.83 bits per heavy atom. The van der Waals surface area contributed by atoms with Crippen molar-refractivity contribution in [2.24, 2.45) is 0 Å². The lowest BCUT2D eigenvalue weighted by Gasteiger charge is -2.09. The molecule has 0 fully saturated rings. The standard InChI is InChI=1S/C16H17Br.Si/c1-2-3-7-14(12-17)16-11-6-9-13-8-4-5-10-15(13)16;/h4-6,8-12H,2-3,7H2,1H3;. The van der Waals surface area contributed by atoms with Crippen LogP contribution in [0.25, 0.3) is 16.3 Å². The molecule has 0 aliphatic carbocycles. The van der Waals surface area contributed by atoms with Gasteiger partial charge in [0.1, 0.15) is 0 Å². The fourth-order valence-corrected chi connectivity index (χ4v) is 2.60. The minimum Gasteiger partial charge on any atom is -0.0654 e. The molecule has 0 saturated heterocycles. The Kier molecular flexibility index (Phi) is 6.37. The third-order valence-corrected chi connectivity index (χ3v) is 3.62. The summed E-state index contributed by atoms with van der Waals surface area (Å²) in [6.45, 7) is 2.23. The van der Waals surface area contributed by atoms with Gasteiger partial charge in [-0.25, -0.2) is 0 Å². The number of allylic oxidation sites excluding steroid dienone is 1. The van der Waals surface area contributed by atoms with Gasteiger partial charge in [0.25, 0.3) is 0 Å². The topological polar surface area (TPSA) is 0 Å². The first-order valence-corrected chi connectivity index (χ1v) is 7.05. The van der Waals surface area contributed by atoms with Crippen LogP contribution in [-0.4, -0.2) is 11.0 Å². The Labute approximate surface area is 122 Å². The van der Waals surface area contributed by atoms with Crippen LogP contribution in [0.2, 0.25) is 0 Å². The number of fused-ring (bicyclic) bond motifs is 1. The van der Waals surface area contributed by atoms with E-state index in [1.165, 1.54) is 34.8 Å². The summed E-state index contributed by atoms with van der Waals surface area (Å²) < 4.78 is 0. The van der Waals surface area contributed by atoms with Crippen LogP contribution in [0.3, 0.4) is 0 Å². The van der Waals surface area contributed by atoms with Gasteiger partial charge < -0.3 is 0 Å². The number of halogens is 1. The molecule has 0 N–H and O–H groups in total. The zero-order valence-corrected chi connectivity index (χ0v) is 13.2. The smallest absolute Gasteiger partial charge is 0 e. The van der Waals surface area contributed by atoms with Crippen LogP contribution in [0.5, 0.6) is 0 Å². The second-order valence-electron chi connectivity index (χ2n) is 4.26. The van der Waals surface area contributed by atoms with Gasteiger partial charge in [-0.15, -0.1) is 0 Å². The van der Waals surface area contributed by atoms with E-state index in [2.05, 4.69) is 70.3 Å². The molecule has 2 aromatic carbocycles. The lowest BCUT2D eigenvalue weighted by molar-refractivity contribution is 0.825. The van der Waals surface area contributed by atoms with Crippen LogP contribution in [-0.2, 0) is 0 Å². The van der Waals surface area contributed by atoms with Gasteiger partial charge in [-0.05, 0) is 39.7 Å². The Balaban J connectivity index is 0.00000162. The number of rotatable bonds is 4. The molecule has 2 aromatic rings. The molecule has 0 nitrogen and oxygen atoms in total. The van der Waals surface area contributed by atoms with Crippen molar-refractivity contribution >= 4 is 43.2 Å². The van der Waals surface area contributed by atoms with Gasteiger partial charge in [0.05, 0.1) is 0 Å². The predicted octanol–water partition coefficient (Wildman–Crippen LogP) is 5.39. The summed E-state index contributed by atoms with van der Waals surface area (Å²) in [7, 11) is 0. The van der Waals surface area contributed by atoms with Crippen LogP contribution >= 0.6 is 15.9 Å². The molecule has 0 saturated carbocycles. The third kappa shape index (κ3) is 3.33. The first-order valence-electron chi connectivity index (χ1n) is 6.14. The van der Waals surface area contributed by atoms with E-state index in [-0.39, 0.29) is 11.0 Å². The molecule has 92 valence electrons. The lowest BCUT2D eigenvalue weighted by Crippen LogP contribution is -1.86. The highest BCUT2D eigenvalue weighted by Crippen LogP contribution is 2.29. The third-order valence-electron chi connectivity index (χ3n) is 3.07. The van der Waals surface area contributed by atoms with Gasteiger partial charge in [0.2, 0.25) is 0 Å². The van der Waals surface area contributed by atoms with Gasteiger partial charge in [0, 0.05) is 11.0 Å². The Hall–Kier alpha value is -0.863. The van der Waals surface area contributed by atoms with E-state index >= 15 is 0 Å². The molecule has 18 heavy (non-hydrogen) atoms. The summed E-state index contributed by atoms with van der Waals surface area (Å²) in [5.74, 6) is 0. The molecule has 0 heterocycles. The van der Waals surface area contributed by atoms with Crippen molar-refractivity contribution in [2.45, 2.75) is 26.2 Å². The summed E-state index contributed by atoms with van der Waals surface area (Å²) >= 11 is 3.51. The van der Waals surface area contributed by atoms with E-state index in [0.29, 0.717) is 0 Å². The van der Waals surface area contributed by atoms with Crippen molar-refractivity contribution in [1.82, 2.24) is 0 Å². The molecule has 0 atom stereocenters. The van der Waals surface area contributed by atoms with Crippen LogP contribution in [0, 0.1) is 0 Å². The van der Waals surface area contributed by atoms with Crippen molar-refractivity contribution in [3.8, 4) is 0 Å². The first kappa shape index (κ1) is 15.2. The highest BCUT2D eigenvalue weighted by molar-refractivity contribution is 9.11. The normalized spacial score (nSPS) is 11.3. The molecule has 0 aliphatic rings. The van der Waals surface area contributed by atoms with E-state index in [4.69, 9.17) is 0 Å². The highest BCUT2D eigenvalue weighted by Gasteiger charge is 2.05. The summed E-state index contributed by atoms with van der Waals surface area (Å²) in [6, 6.07) is 15.1. The number of benzene rings is 2. The molecule has 4 radical (unpaired) electrons. The maximum atomic E-state index is 3.51. The van der Waals surface area contributed by atoms with Crippen molar-refractivity contribution in [3.05, 3.63) is 53.0 Å². The van der Waals surface area contributed by atoms with Crippen molar-refractivity contribution < 1.29 is 0 Å². The van der Waals surface area contributed by atoms with Gasteiger partial charge in [0.15, 0.2) is 0 Å². The number of hydrogen-bond acceptors (Lipinski definition) is 0. The van der Waals surface area contributed by atoms with E-state index in [0.717, 1.165) is 6.42 Å². The molecule has 2 heteroatoms. The Morgan fingerprint density at radius 1 is 1.11 bits per heavy atom. The molecule has 0 unspecified atom stereocenters. The maximum Gasteiger partial charge on any atom is 0 e. The molecule has 2 rings (SSSR count). The van der Waals surface area contributed by atoms with Crippen LogP contribution < -0.4 is 0 Å². The Morgan fingerprint density at radius 3 is 2.56 bits per heavy atom. The summed E-state index contributed by atoms with van der Waals surface area (Å²) in [5, 5.41) is 2.66. The van der Waals surface area contributed by atoms with Gasteiger partial charge in [-0.1, -0.05) is 71.7 Å². The quantitative estimate of drug-likeness (QED) is 0.664. The maximum absolute atomic E-state index is 3.51. The zero-order valence-electron chi connectivity index (χ0n) is 10.6. The van der Waals surface area contributed by atoms with Crippen LogP contribution in [0.1, 0.15) is 31.7 Å². The molecule has 0 spiro atoms. The molecule has 0 aromatic heterocycles. The molecule has 0 amide bonds. The molecular formula is C16H17BrSi. The van der Waals surface area contributed by atoms with Gasteiger partial charge in [-0.2, -0.15) is 0 Å². The second kappa shape index (κ2) is 7.55. The number of unbranched alkanes of at least 4 members (excludes halogenated alkanes) is 1. The van der Waals surface area contributed by atoms with Crippen molar-refractivity contribution in [3.63, 3.8) is 0 Å². The van der Waals surface area contributed by atoms with Crippen LogP contribution in [0.4, 0.5) is 0 Å². The van der Waals surface area contributed by atoms with E-state index in [1.54, 1.807) is 0 Å². The fourth-order valence-electron chi connectivity index (χ4n) is 2.12. The van der Waals surface area contributed by atoms with Crippen molar-refractivity contribution in [1.29, 1.82) is 0 Å².